The van der Waals surface area contributed by atoms with E-state index < -0.39 is 73.1 Å². The van der Waals surface area contributed by atoms with Crippen LogP contribution in [0.25, 0.3) is 10.8 Å². The largest absolute Gasteiger partial charge is 0.493 e. The number of carbonyl (C=O) groups excluding carboxylic acids is 4. The summed E-state index contributed by atoms with van der Waals surface area (Å²) >= 11 is 0. The Morgan fingerprint density at radius 1 is 1.09 bits per heavy atom. The van der Waals surface area contributed by atoms with Gasteiger partial charge in [0.25, 0.3) is 5.91 Å². The maximum absolute atomic E-state index is 14.8. The van der Waals surface area contributed by atoms with Crippen molar-refractivity contribution in [1.29, 1.82) is 0 Å². The van der Waals surface area contributed by atoms with Crippen molar-refractivity contribution >= 4 is 44.6 Å². The molecule has 0 radical (unpaired) electrons. The third-order valence-corrected chi connectivity index (χ3v) is 13.9. The van der Waals surface area contributed by atoms with Gasteiger partial charge in [0.1, 0.15) is 29.0 Å². The zero-order chi connectivity index (χ0) is 40.6. The van der Waals surface area contributed by atoms with E-state index in [-0.39, 0.29) is 25.5 Å². The molecule has 1 aromatic heterocycles. The summed E-state index contributed by atoms with van der Waals surface area (Å²) < 4.78 is 39.6. The van der Waals surface area contributed by atoms with Gasteiger partial charge in [0, 0.05) is 35.1 Å². The maximum Gasteiger partial charge on any atom is 0.408 e. The lowest BCUT2D eigenvalue weighted by Crippen LogP contribution is -2.61. The summed E-state index contributed by atoms with van der Waals surface area (Å²) in [4.78, 5) is 62.0. The number of alkyl carbamates (subject to hydrolysis) is 1. The minimum absolute atomic E-state index is 0.0125. The average molecular weight is 782 g/mol. The molecule has 3 N–H and O–H groups in total. The molecule has 0 bridgehead atoms. The van der Waals surface area contributed by atoms with E-state index in [9.17, 15) is 27.6 Å². The standard InChI is InChI=1S/C41H59N5O8S/c1-10-14-27-23-31(34(47)44-41(24-28(41)11-2)36(49)45-55(51,52)40(12-3)18-19-40)46(25-27)35(48)33(43-37(50)54-38(5,6)7)39(8,9)20-22-53-32-16-13-15-29-26(4)42-21-17-30(29)32/h11,13,15-17,21,27-28,31,33H,2,10,12,14,18-20,22-25H2,1,3-9H3,(H,43,50)(H,44,47)(H,45,49)/t27?,28-,31+,33-,41-/m1/s1. The number of amides is 4. The molecule has 3 fully saturated rings. The molecule has 5 atom stereocenters. The summed E-state index contributed by atoms with van der Waals surface area (Å²) in [6, 6.07) is 5.57. The van der Waals surface area contributed by atoms with Crippen LogP contribution in [-0.4, -0.2) is 83.2 Å². The van der Waals surface area contributed by atoms with E-state index in [2.05, 4.69) is 26.9 Å². The van der Waals surface area contributed by atoms with E-state index >= 15 is 0 Å². The second-order valence-corrected chi connectivity index (χ2v) is 19.4. The van der Waals surface area contributed by atoms with Gasteiger partial charge >= 0.3 is 6.09 Å². The minimum Gasteiger partial charge on any atom is -0.493 e. The molecule has 1 aromatic carbocycles. The lowest BCUT2D eigenvalue weighted by atomic mass is 9.80. The molecule has 1 saturated heterocycles. The van der Waals surface area contributed by atoms with Crippen LogP contribution in [-0.2, 0) is 29.1 Å². The number of hydrogen-bond donors (Lipinski definition) is 3. The van der Waals surface area contributed by atoms with Crippen LogP contribution in [0.3, 0.4) is 0 Å². The quantitative estimate of drug-likeness (QED) is 0.181. The Bertz CT molecular complexity index is 1920. The first-order valence-electron chi connectivity index (χ1n) is 19.5. The van der Waals surface area contributed by atoms with Crippen LogP contribution in [0.15, 0.2) is 43.1 Å². The van der Waals surface area contributed by atoms with Gasteiger partial charge in [0.15, 0.2) is 0 Å². The molecule has 2 heterocycles. The van der Waals surface area contributed by atoms with E-state index in [1.165, 1.54) is 4.90 Å². The van der Waals surface area contributed by atoms with Crippen molar-refractivity contribution in [3.05, 3.63) is 48.8 Å². The van der Waals surface area contributed by atoms with Crippen molar-refractivity contribution in [3.8, 4) is 5.75 Å². The summed E-state index contributed by atoms with van der Waals surface area (Å²) in [5, 5.41) is 7.59. The van der Waals surface area contributed by atoms with Crippen molar-refractivity contribution in [2.75, 3.05) is 13.2 Å². The fraction of sp³-hybridized carbons (Fsp3) is 0.634. The number of nitrogens with zero attached hydrogens (tertiary/aromatic N) is 2. The van der Waals surface area contributed by atoms with Gasteiger partial charge in [-0.1, -0.05) is 52.3 Å². The highest BCUT2D eigenvalue weighted by Gasteiger charge is 2.63. The molecule has 4 amide bonds. The van der Waals surface area contributed by atoms with E-state index in [4.69, 9.17) is 9.47 Å². The number of carbonyl (C=O) groups is 4. The summed E-state index contributed by atoms with van der Waals surface area (Å²) in [6.45, 7) is 19.0. The third kappa shape index (κ3) is 8.94. The Hall–Kier alpha value is -4.20. The maximum atomic E-state index is 14.8. The number of likely N-dealkylation sites (tertiary alicyclic amines) is 1. The number of fused-ring (bicyclic) bond motifs is 1. The molecule has 1 unspecified atom stereocenters. The molecule has 2 aromatic rings. The Kier molecular flexibility index (Phi) is 12.0. The van der Waals surface area contributed by atoms with Crippen LogP contribution in [0, 0.1) is 24.2 Å². The van der Waals surface area contributed by atoms with Crippen LogP contribution in [0.1, 0.15) is 106 Å². The number of nitrogens with one attached hydrogen (secondary N) is 3. The van der Waals surface area contributed by atoms with Gasteiger partial charge in [-0.15, -0.1) is 6.58 Å². The summed E-state index contributed by atoms with van der Waals surface area (Å²) in [6.07, 6.45) is 6.27. The molecule has 13 nitrogen and oxygen atoms in total. The van der Waals surface area contributed by atoms with Crippen LogP contribution in [0.2, 0.25) is 0 Å². The molecule has 302 valence electrons. The molecule has 2 saturated carbocycles. The number of sulfonamides is 1. The van der Waals surface area contributed by atoms with Crippen LogP contribution in [0.5, 0.6) is 5.75 Å². The van der Waals surface area contributed by atoms with Gasteiger partial charge in [0.05, 0.1) is 11.4 Å². The Morgan fingerprint density at radius 3 is 2.40 bits per heavy atom. The molecule has 0 spiro atoms. The van der Waals surface area contributed by atoms with Gasteiger partial charge in [-0.05, 0) is 96.1 Å². The smallest absolute Gasteiger partial charge is 0.408 e. The number of hydrogen-bond acceptors (Lipinski definition) is 9. The third-order valence-electron chi connectivity index (χ3n) is 11.6. The highest BCUT2D eigenvalue weighted by molar-refractivity contribution is 7.91. The number of ether oxygens (including phenoxy) is 2. The summed E-state index contributed by atoms with van der Waals surface area (Å²) in [5.41, 5.74) is -2.35. The monoisotopic (exact) mass is 781 g/mol. The first kappa shape index (κ1) is 42.0. The van der Waals surface area contributed by atoms with E-state index in [0.29, 0.717) is 37.9 Å². The fourth-order valence-corrected chi connectivity index (χ4v) is 9.51. The van der Waals surface area contributed by atoms with E-state index in [1.807, 2.05) is 52.0 Å². The zero-order valence-corrected chi connectivity index (χ0v) is 34.4. The van der Waals surface area contributed by atoms with Crippen LogP contribution in [0.4, 0.5) is 4.79 Å². The average Bonchev–Trinajstić information content (AvgIpc) is 4.01. The van der Waals surface area contributed by atoms with Gasteiger partial charge < -0.3 is 25.0 Å². The lowest BCUT2D eigenvalue weighted by Gasteiger charge is -2.38. The van der Waals surface area contributed by atoms with Crippen molar-refractivity contribution in [3.63, 3.8) is 0 Å². The molecule has 14 heteroatoms. The molecule has 1 aliphatic heterocycles. The molecule has 3 aliphatic rings. The predicted molar refractivity (Wildman–Crippen MR) is 211 cm³/mol. The van der Waals surface area contributed by atoms with Crippen LogP contribution >= 0.6 is 0 Å². The van der Waals surface area contributed by atoms with Gasteiger partial charge in [0.2, 0.25) is 21.8 Å². The second-order valence-electron chi connectivity index (χ2n) is 17.3. The van der Waals surface area contributed by atoms with Crippen LogP contribution < -0.4 is 20.1 Å². The second kappa shape index (κ2) is 15.7. The molecular formula is C41H59N5O8S. The highest BCUT2D eigenvalue weighted by atomic mass is 32.2. The predicted octanol–water partition coefficient (Wildman–Crippen LogP) is 5.70. The van der Waals surface area contributed by atoms with E-state index in [0.717, 1.165) is 29.3 Å². The van der Waals surface area contributed by atoms with Crippen molar-refractivity contribution in [2.45, 2.75) is 135 Å². The fourth-order valence-electron chi connectivity index (χ4n) is 7.84. The SMILES string of the molecule is C=C[C@@H]1C[C@]1(NC(=O)[C@@H]1CC(CCC)CN1C(=O)[C@@H](NC(=O)OC(C)(C)C)C(C)(C)CCOc1cccc2c(C)nccc12)C(=O)NS(=O)(=O)C1(CC)CC1. The Labute approximate surface area is 325 Å². The summed E-state index contributed by atoms with van der Waals surface area (Å²) in [7, 11) is -3.97. The Balaban J connectivity index is 1.39. The molecule has 5 rings (SSSR count). The normalized spacial score (nSPS) is 23.7. The first-order valence-corrected chi connectivity index (χ1v) is 21.0. The number of aryl methyl sites for hydroxylation is 1. The number of aromatic nitrogens is 1. The van der Waals surface area contributed by atoms with Gasteiger partial charge in [-0.2, -0.15) is 0 Å². The van der Waals surface area contributed by atoms with E-state index in [1.54, 1.807) is 40.0 Å². The topological polar surface area (TPSA) is 173 Å². The molecule has 2 aliphatic carbocycles. The number of rotatable bonds is 16. The van der Waals surface area contributed by atoms with Crippen molar-refractivity contribution in [1.82, 2.24) is 25.2 Å². The minimum atomic E-state index is -3.97. The summed E-state index contributed by atoms with van der Waals surface area (Å²) in [5.74, 6) is -1.64. The van der Waals surface area contributed by atoms with Gasteiger partial charge in [-0.3, -0.25) is 24.1 Å². The van der Waals surface area contributed by atoms with Crippen molar-refractivity contribution in [2.24, 2.45) is 17.3 Å². The van der Waals surface area contributed by atoms with Crippen molar-refractivity contribution < 1.29 is 37.1 Å². The molecule has 55 heavy (non-hydrogen) atoms. The zero-order valence-electron chi connectivity index (χ0n) is 33.6. The van der Waals surface area contributed by atoms with Gasteiger partial charge in [-0.25, -0.2) is 13.2 Å². The lowest BCUT2D eigenvalue weighted by molar-refractivity contribution is -0.143. The first-order chi connectivity index (χ1) is 25.7. The highest BCUT2D eigenvalue weighted by Crippen LogP contribution is 2.48. The number of pyridine rings is 1. The Morgan fingerprint density at radius 2 is 1.80 bits per heavy atom. The molecular weight excluding hydrogens is 723 g/mol. The number of benzene rings is 1.